The van der Waals surface area contributed by atoms with Gasteiger partial charge in [-0.05, 0) is 127 Å². The van der Waals surface area contributed by atoms with E-state index >= 15 is 0 Å². The van der Waals surface area contributed by atoms with E-state index in [1.165, 1.54) is 54.7 Å². The van der Waals surface area contributed by atoms with Gasteiger partial charge in [0.2, 0.25) is 0 Å². The topological polar surface area (TPSA) is 36.1 Å². The molecule has 0 bridgehead atoms. The van der Waals surface area contributed by atoms with Crippen molar-refractivity contribution in [3.05, 3.63) is 169 Å². The lowest BCUT2D eigenvalue weighted by Crippen LogP contribution is -1.94. The van der Waals surface area contributed by atoms with E-state index in [4.69, 9.17) is 8.83 Å². The van der Waals surface area contributed by atoms with Crippen LogP contribution in [0.3, 0.4) is 0 Å². The Labute approximate surface area is 322 Å². The van der Waals surface area contributed by atoms with Crippen LogP contribution in [0, 0.1) is 6.92 Å². The minimum absolute atomic E-state index is 0.463. The quantitative estimate of drug-likeness (QED) is 0.181. The molecule has 12 rings (SSSR count). The highest BCUT2D eigenvalue weighted by Gasteiger charge is 2.18. The Morgan fingerprint density at radius 3 is 1.36 bits per heavy atom. The van der Waals surface area contributed by atoms with E-state index in [0.717, 1.165) is 66.4 Å². The summed E-state index contributed by atoms with van der Waals surface area (Å²) < 4.78 is 17.6. The molecule has 0 atom stereocenters. The number of para-hydroxylation sites is 2. The minimum atomic E-state index is 0.463. The summed E-state index contributed by atoms with van der Waals surface area (Å²) in [5, 5.41) is 9.48. The Balaban J connectivity index is 1.00. The van der Waals surface area contributed by atoms with Crippen molar-refractivity contribution in [2.45, 2.75) is 26.7 Å². The van der Waals surface area contributed by atoms with Gasteiger partial charge >= 0.3 is 0 Å². The van der Waals surface area contributed by atoms with Crippen molar-refractivity contribution in [3.8, 4) is 22.5 Å². The lowest BCUT2D eigenvalue weighted by molar-refractivity contribution is 0.668. The average Bonchev–Trinajstić information content (AvgIpc) is 3.97. The second kappa shape index (κ2) is 11.5. The van der Waals surface area contributed by atoms with Gasteiger partial charge in [-0.15, -0.1) is 0 Å². The first-order valence-electron chi connectivity index (χ1n) is 19.4. The molecule has 4 heteroatoms. The van der Waals surface area contributed by atoms with Gasteiger partial charge in [-0.3, -0.25) is 0 Å². The Hall–Kier alpha value is -7.04. The van der Waals surface area contributed by atoms with Crippen LogP contribution in [-0.4, -0.2) is 9.13 Å². The summed E-state index contributed by atoms with van der Waals surface area (Å²) in [4.78, 5) is 0. The highest BCUT2D eigenvalue weighted by molar-refractivity contribution is 6.13. The smallest absolute Gasteiger partial charge is 0.135 e. The molecule has 266 valence electrons. The zero-order valence-electron chi connectivity index (χ0n) is 31.3. The van der Waals surface area contributed by atoms with Gasteiger partial charge in [0.25, 0.3) is 0 Å². The number of hydrogen-bond donors (Lipinski definition) is 0. The van der Waals surface area contributed by atoms with Gasteiger partial charge in [-0.2, -0.15) is 0 Å². The van der Waals surface area contributed by atoms with Crippen molar-refractivity contribution in [2.75, 3.05) is 0 Å². The SMILES string of the molecule is Cc1ccc2c(c1)c1ccccc1n2-c1ccc2oc3ccc(-c4ccc5oc6ccc(-n7c8ccccc8c8cc(C(C)C)ccc87)cc6c5c4)cc3c2c1. The van der Waals surface area contributed by atoms with E-state index in [-0.39, 0.29) is 0 Å². The second-order valence-corrected chi connectivity index (χ2v) is 15.6. The maximum Gasteiger partial charge on any atom is 0.135 e. The summed E-state index contributed by atoms with van der Waals surface area (Å²) in [6.07, 6.45) is 0. The Morgan fingerprint density at radius 2 is 0.821 bits per heavy atom. The Kier molecular flexibility index (Phi) is 6.42. The van der Waals surface area contributed by atoms with Crippen molar-refractivity contribution >= 4 is 87.5 Å². The molecule has 56 heavy (non-hydrogen) atoms. The molecule has 4 nitrogen and oxygen atoms in total. The molecular weight excluding hydrogens is 685 g/mol. The van der Waals surface area contributed by atoms with E-state index in [1.54, 1.807) is 0 Å². The molecule has 0 radical (unpaired) electrons. The summed E-state index contributed by atoms with van der Waals surface area (Å²) in [6.45, 7) is 6.67. The molecule has 0 aliphatic carbocycles. The molecule has 0 aliphatic heterocycles. The lowest BCUT2D eigenvalue weighted by atomic mass is 10.0. The van der Waals surface area contributed by atoms with Crippen LogP contribution in [-0.2, 0) is 0 Å². The van der Waals surface area contributed by atoms with Gasteiger partial charge in [-0.1, -0.05) is 80.1 Å². The third kappa shape index (κ3) is 4.47. The monoisotopic (exact) mass is 720 g/mol. The molecule has 0 amide bonds. The van der Waals surface area contributed by atoms with Crippen LogP contribution in [0.2, 0.25) is 0 Å². The summed E-state index contributed by atoms with van der Waals surface area (Å²) >= 11 is 0. The number of hydrogen-bond acceptors (Lipinski definition) is 2. The van der Waals surface area contributed by atoms with E-state index < -0.39 is 0 Å². The molecule has 0 saturated heterocycles. The van der Waals surface area contributed by atoms with Crippen molar-refractivity contribution in [3.63, 3.8) is 0 Å². The van der Waals surface area contributed by atoms with E-state index in [0.29, 0.717) is 5.92 Å². The summed E-state index contributed by atoms with van der Waals surface area (Å²) in [6, 6.07) is 57.3. The molecular formula is C52H36N2O2. The van der Waals surface area contributed by atoms with Gasteiger partial charge in [0, 0.05) is 54.5 Å². The lowest BCUT2D eigenvalue weighted by Gasteiger charge is -2.09. The molecule has 0 fully saturated rings. The fourth-order valence-electron chi connectivity index (χ4n) is 9.16. The van der Waals surface area contributed by atoms with Crippen LogP contribution in [0.1, 0.15) is 30.9 Å². The van der Waals surface area contributed by atoms with Gasteiger partial charge in [0.05, 0.1) is 22.1 Å². The largest absolute Gasteiger partial charge is 0.456 e. The maximum atomic E-state index is 6.44. The number of fused-ring (bicyclic) bond motifs is 12. The first-order chi connectivity index (χ1) is 27.5. The minimum Gasteiger partial charge on any atom is -0.456 e. The number of aryl methyl sites for hydroxylation is 1. The van der Waals surface area contributed by atoms with Gasteiger partial charge in [0.15, 0.2) is 0 Å². The molecule has 12 aromatic rings. The molecule has 0 aliphatic rings. The molecule has 0 unspecified atom stereocenters. The summed E-state index contributed by atoms with van der Waals surface area (Å²) in [7, 11) is 0. The normalized spacial score (nSPS) is 12.4. The predicted molar refractivity (Wildman–Crippen MR) is 234 cm³/mol. The first-order valence-corrected chi connectivity index (χ1v) is 19.4. The number of aromatic nitrogens is 2. The van der Waals surface area contributed by atoms with Crippen LogP contribution >= 0.6 is 0 Å². The Bertz CT molecular complexity index is 3590. The number of nitrogens with zero attached hydrogens (tertiary/aromatic N) is 2. The molecule has 0 spiro atoms. The van der Waals surface area contributed by atoms with Gasteiger partial charge in [0.1, 0.15) is 22.3 Å². The van der Waals surface area contributed by atoms with Crippen molar-refractivity contribution < 1.29 is 8.83 Å². The molecule has 8 aromatic carbocycles. The zero-order chi connectivity index (χ0) is 37.2. The maximum absolute atomic E-state index is 6.44. The van der Waals surface area contributed by atoms with Crippen LogP contribution in [0.15, 0.2) is 167 Å². The molecule has 4 heterocycles. The average molecular weight is 721 g/mol. The highest BCUT2D eigenvalue weighted by Crippen LogP contribution is 2.40. The van der Waals surface area contributed by atoms with Crippen LogP contribution in [0.4, 0.5) is 0 Å². The van der Waals surface area contributed by atoms with E-state index in [9.17, 15) is 0 Å². The summed E-state index contributed by atoms with van der Waals surface area (Å²) in [5.41, 5.74) is 15.4. The van der Waals surface area contributed by atoms with Crippen molar-refractivity contribution in [1.29, 1.82) is 0 Å². The standard InChI is InChI=1S/C52H36N2O2/c1-30(2)32-13-19-48-40(25-32)38-9-5-7-11-46(38)54(48)36-17-23-52-44(29-36)42-27-34(15-21-50(42)56-52)33-14-20-49-41(26-33)43-28-35(16-22-51(43)55-49)53-45-10-6-4-8-37(45)39-24-31(3)12-18-47(39)53/h4-30H,1-3H3. The fourth-order valence-corrected chi connectivity index (χ4v) is 9.16. The third-order valence-electron chi connectivity index (χ3n) is 11.9. The summed E-state index contributed by atoms with van der Waals surface area (Å²) in [5.74, 6) is 0.463. The third-order valence-corrected chi connectivity index (χ3v) is 11.9. The van der Waals surface area contributed by atoms with Crippen LogP contribution < -0.4 is 0 Å². The fraction of sp³-hybridized carbons (Fsp3) is 0.0769. The molecule has 0 N–H and O–H groups in total. The predicted octanol–water partition coefficient (Wildman–Crippen LogP) is 14.8. The van der Waals surface area contributed by atoms with E-state index in [2.05, 4.69) is 188 Å². The highest BCUT2D eigenvalue weighted by atomic mass is 16.3. The van der Waals surface area contributed by atoms with Gasteiger partial charge in [-0.25, -0.2) is 0 Å². The van der Waals surface area contributed by atoms with E-state index in [1.807, 2.05) is 0 Å². The van der Waals surface area contributed by atoms with Crippen LogP contribution in [0.25, 0.3) is 110 Å². The van der Waals surface area contributed by atoms with Crippen molar-refractivity contribution in [2.24, 2.45) is 0 Å². The van der Waals surface area contributed by atoms with Gasteiger partial charge < -0.3 is 18.0 Å². The van der Waals surface area contributed by atoms with Crippen LogP contribution in [0.5, 0.6) is 0 Å². The Morgan fingerprint density at radius 1 is 0.375 bits per heavy atom. The number of furan rings is 2. The zero-order valence-corrected chi connectivity index (χ0v) is 31.3. The molecule has 4 aromatic heterocycles. The first kappa shape index (κ1) is 31.3. The van der Waals surface area contributed by atoms with Crippen molar-refractivity contribution in [1.82, 2.24) is 9.13 Å². The number of benzene rings is 8. The molecule has 0 saturated carbocycles. The number of rotatable bonds is 4. The second-order valence-electron chi connectivity index (χ2n) is 15.6.